The molecular formula is C17H24N4O3. The highest BCUT2D eigenvalue weighted by Crippen LogP contribution is 2.24. The molecule has 0 amide bonds. The van der Waals surface area contributed by atoms with Crippen molar-refractivity contribution in [1.29, 1.82) is 0 Å². The smallest absolute Gasteiger partial charge is 0.191 e. The number of benzene rings is 1. The second kappa shape index (κ2) is 8.81. The topological polar surface area (TPSA) is 80.9 Å². The minimum atomic E-state index is 0.520. The normalized spacial score (nSPS) is 11.2. The highest BCUT2D eigenvalue weighted by atomic mass is 16.5. The van der Waals surface area contributed by atoms with Gasteiger partial charge in [-0.25, -0.2) is 0 Å². The van der Waals surface area contributed by atoms with E-state index in [-0.39, 0.29) is 0 Å². The zero-order valence-electron chi connectivity index (χ0n) is 14.5. The third-order valence-electron chi connectivity index (χ3n) is 3.56. The Morgan fingerprint density at radius 1 is 1.17 bits per heavy atom. The Bertz CT molecular complexity index is 682. The third-order valence-corrected chi connectivity index (χ3v) is 3.56. The molecule has 0 aliphatic rings. The van der Waals surface area contributed by atoms with Gasteiger partial charge in [-0.2, -0.15) is 0 Å². The van der Waals surface area contributed by atoms with Crippen molar-refractivity contribution in [3.63, 3.8) is 0 Å². The van der Waals surface area contributed by atoms with Gasteiger partial charge in [0.2, 0.25) is 0 Å². The van der Waals surface area contributed by atoms with E-state index in [2.05, 4.69) is 20.8 Å². The summed E-state index contributed by atoms with van der Waals surface area (Å²) in [5.74, 6) is 2.97. The molecule has 0 saturated heterocycles. The Kier molecular flexibility index (Phi) is 6.48. The monoisotopic (exact) mass is 332 g/mol. The first kappa shape index (κ1) is 17.7. The summed E-state index contributed by atoms with van der Waals surface area (Å²) in [7, 11) is 4.99. The largest absolute Gasteiger partial charge is 0.497 e. The lowest BCUT2D eigenvalue weighted by atomic mass is 10.2. The van der Waals surface area contributed by atoms with E-state index in [0.29, 0.717) is 19.0 Å². The minimum absolute atomic E-state index is 0.520. The van der Waals surface area contributed by atoms with Crippen molar-refractivity contribution in [2.75, 3.05) is 21.3 Å². The Hall–Kier alpha value is -2.70. The molecule has 0 unspecified atom stereocenters. The van der Waals surface area contributed by atoms with Crippen LogP contribution in [0.3, 0.4) is 0 Å². The molecule has 24 heavy (non-hydrogen) atoms. The zero-order valence-corrected chi connectivity index (χ0v) is 14.5. The van der Waals surface area contributed by atoms with Crippen LogP contribution in [0.5, 0.6) is 11.5 Å². The molecule has 0 radical (unpaired) electrons. The van der Waals surface area contributed by atoms with Gasteiger partial charge in [0.1, 0.15) is 11.5 Å². The number of nitrogens with one attached hydrogen (secondary N) is 2. The molecule has 2 N–H and O–H groups in total. The first-order valence-corrected chi connectivity index (χ1v) is 7.80. The summed E-state index contributed by atoms with van der Waals surface area (Å²) in [4.78, 5) is 4.20. The second-order valence-corrected chi connectivity index (χ2v) is 5.10. The molecule has 0 aliphatic carbocycles. The van der Waals surface area contributed by atoms with Crippen molar-refractivity contribution in [1.82, 2.24) is 15.8 Å². The fraction of sp³-hybridized carbons (Fsp3) is 0.412. The van der Waals surface area contributed by atoms with Gasteiger partial charge >= 0.3 is 0 Å². The molecule has 1 heterocycles. The molecule has 1 aromatic heterocycles. The molecule has 0 spiro atoms. The van der Waals surface area contributed by atoms with Gasteiger partial charge < -0.3 is 24.6 Å². The van der Waals surface area contributed by atoms with Crippen molar-refractivity contribution in [3.05, 3.63) is 41.3 Å². The van der Waals surface area contributed by atoms with Crippen LogP contribution in [0, 0.1) is 0 Å². The Labute approximate surface area is 142 Å². The Morgan fingerprint density at radius 3 is 2.58 bits per heavy atom. The predicted octanol–water partition coefficient (Wildman–Crippen LogP) is 2.12. The van der Waals surface area contributed by atoms with E-state index in [1.54, 1.807) is 21.3 Å². The second-order valence-electron chi connectivity index (χ2n) is 5.10. The number of ether oxygens (including phenoxy) is 2. The summed E-state index contributed by atoms with van der Waals surface area (Å²) in [6.45, 7) is 3.13. The standard InChI is InChI=1S/C17H24N4O3/c1-5-13-8-15(24-21-13)11-20-17(18-2)19-10-12-6-7-14(22-3)9-16(12)23-4/h6-9H,5,10-11H2,1-4H3,(H2,18,19,20). The van der Waals surface area contributed by atoms with Crippen LogP contribution < -0.4 is 20.1 Å². The minimum Gasteiger partial charge on any atom is -0.497 e. The van der Waals surface area contributed by atoms with Crippen LogP contribution >= 0.6 is 0 Å². The number of nitrogens with zero attached hydrogens (tertiary/aromatic N) is 2. The van der Waals surface area contributed by atoms with E-state index in [1.807, 2.05) is 31.2 Å². The van der Waals surface area contributed by atoms with Gasteiger partial charge in [-0.15, -0.1) is 0 Å². The lowest BCUT2D eigenvalue weighted by molar-refractivity contribution is 0.374. The van der Waals surface area contributed by atoms with Crippen LogP contribution in [0.25, 0.3) is 0 Å². The Morgan fingerprint density at radius 2 is 1.96 bits per heavy atom. The highest BCUT2D eigenvalue weighted by Gasteiger charge is 2.07. The summed E-state index contributed by atoms with van der Waals surface area (Å²) < 4.78 is 15.8. The summed E-state index contributed by atoms with van der Waals surface area (Å²) in [6, 6.07) is 7.65. The summed E-state index contributed by atoms with van der Waals surface area (Å²) >= 11 is 0. The van der Waals surface area contributed by atoms with E-state index in [0.717, 1.165) is 34.9 Å². The van der Waals surface area contributed by atoms with E-state index in [9.17, 15) is 0 Å². The maximum absolute atomic E-state index is 5.39. The number of aromatic nitrogens is 1. The van der Waals surface area contributed by atoms with Crippen molar-refractivity contribution < 1.29 is 14.0 Å². The predicted molar refractivity (Wildman–Crippen MR) is 92.5 cm³/mol. The highest BCUT2D eigenvalue weighted by molar-refractivity contribution is 5.79. The molecule has 0 saturated carbocycles. The molecule has 2 aromatic rings. The van der Waals surface area contributed by atoms with Crippen molar-refractivity contribution in [3.8, 4) is 11.5 Å². The lowest BCUT2D eigenvalue weighted by Gasteiger charge is -2.14. The number of hydrogen-bond donors (Lipinski definition) is 2. The molecule has 7 heteroatoms. The van der Waals surface area contributed by atoms with Gasteiger partial charge in [-0.05, 0) is 18.6 Å². The number of methoxy groups -OCH3 is 2. The molecule has 130 valence electrons. The van der Waals surface area contributed by atoms with Crippen LogP contribution in [0.2, 0.25) is 0 Å². The van der Waals surface area contributed by atoms with E-state index < -0.39 is 0 Å². The number of aryl methyl sites for hydroxylation is 1. The van der Waals surface area contributed by atoms with E-state index in [1.165, 1.54) is 0 Å². The maximum Gasteiger partial charge on any atom is 0.191 e. The van der Waals surface area contributed by atoms with Crippen molar-refractivity contribution >= 4 is 5.96 Å². The first-order valence-electron chi connectivity index (χ1n) is 7.80. The molecule has 0 fully saturated rings. The lowest BCUT2D eigenvalue weighted by Crippen LogP contribution is -2.36. The Balaban J connectivity index is 1.91. The number of aliphatic imine (C=N–C) groups is 1. The van der Waals surface area contributed by atoms with Crippen LogP contribution in [0.15, 0.2) is 33.8 Å². The van der Waals surface area contributed by atoms with Crippen molar-refractivity contribution in [2.24, 2.45) is 4.99 Å². The quantitative estimate of drug-likeness (QED) is 0.597. The molecule has 0 bridgehead atoms. The molecule has 0 aliphatic heterocycles. The van der Waals surface area contributed by atoms with Gasteiger partial charge in [0, 0.05) is 31.3 Å². The first-order chi connectivity index (χ1) is 11.7. The average molecular weight is 332 g/mol. The fourth-order valence-corrected chi connectivity index (χ4v) is 2.17. The van der Waals surface area contributed by atoms with Crippen molar-refractivity contribution in [2.45, 2.75) is 26.4 Å². The van der Waals surface area contributed by atoms with Crippen LogP contribution in [-0.2, 0) is 19.5 Å². The number of guanidine groups is 1. The average Bonchev–Trinajstić information content (AvgIpc) is 3.09. The van der Waals surface area contributed by atoms with Gasteiger partial charge in [-0.1, -0.05) is 12.1 Å². The summed E-state index contributed by atoms with van der Waals surface area (Å²) in [5, 5.41) is 10.4. The van der Waals surface area contributed by atoms with Crippen LogP contribution in [0.4, 0.5) is 0 Å². The SMILES string of the molecule is CCc1cc(CNC(=NC)NCc2ccc(OC)cc2OC)on1. The summed E-state index contributed by atoms with van der Waals surface area (Å²) in [6.07, 6.45) is 0.855. The van der Waals surface area contributed by atoms with Gasteiger partial charge in [-0.3, -0.25) is 4.99 Å². The molecule has 1 aromatic carbocycles. The summed E-state index contributed by atoms with van der Waals surface area (Å²) in [5.41, 5.74) is 1.95. The van der Waals surface area contributed by atoms with E-state index >= 15 is 0 Å². The third kappa shape index (κ3) is 4.65. The molecule has 2 rings (SSSR count). The van der Waals surface area contributed by atoms with Gasteiger partial charge in [0.25, 0.3) is 0 Å². The number of rotatable bonds is 7. The molecule has 0 atom stereocenters. The number of hydrogen-bond acceptors (Lipinski definition) is 5. The zero-order chi connectivity index (χ0) is 17.4. The van der Waals surface area contributed by atoms with Gasteiger partial charge in [0.15, 0.2) is 11.7 Å². The fourth-order valence-electron chi connectivity index (χ4n) is 2.17. The van der Waals surface area contributed by atoms with E-state index in [4.69, 9.17) is 14.0 Å². The molecular weight excluding hydrogens is 308 g/mol. The van der Waals surface area contributed by atoms with Gasteiger partial charge in [0.05, 0.1) is 26.5 Å². The maximum atomic E-state index is 5.39. The van der Waals surface area contributed by atoms with Crippen LogP contribution in [-0.4, -0.2) is 32.4 Å². The van der Waals surface area contributed by atoms with Crippen LogP contribution in [0.1, 0.15) is 23.9 Å². The molecule has 7 nitrogen and oxygen atoms in total.